The highest BCUT2D eigenvalue weighted by Gasteiger charge is 2.40. The smallest absolute Gasteiger partial charge is 0.258 e. The fourth-order valence-corrected chi connectivity index (χ4v) is 2.79. The van der Waals surface area contributed by atoms with Crippen LogP contribution in [-0.4, -0.2) is 17.3 Å². The summed E-state index contributed by atoms with van der Waals surface area (Å²) in [6.07, 6.45) is 4.06. The van der Waals surface area contributed by atoms with Gasteiger partial charge in [-0.1, -0.05) is 5.16 Å². The van der Waals surface area contributed by atoms with Gasteiger partial charge >= 0.3 is 0 Å². The van der Waals surface area contributed by atoms with Crippen molar-refractivity contribution in [2.75, 3.05) is 18.6 Å². The molecule has 0 atom stereocenters. The zero-order chi connectivity index (χ0) is 14.2. The van der Waals surface area contributed by atoms with Crippen LogP contribution in [0.15, 0.2) is 22.7 Å². The maximum atomic E-state index is 5.78. The SMILES string of the molecule is COC1(c2noc(-c3cc(N)cc(N)c3)n2)CCCC1. The second-order valence-corrected chi connectivity index (χ2v) is 5.22. The van der Waals surface area contributed by atoms with Crippen molar-refractivity contribution in [1.29, 1.82) is 0 Å². The number of ether oxygens (including phenoxy) is 1. The zero-order valence-electron chi connectivity index (χ0n) is 11.4. The highest BCUT2D eigenvalue weighted by molar-refractivity contribution is 5.67. The lowest BCUT2D eigenvalue weighted by Gasteiger charge is -2.22. The van der Waals surface area contributed by atoms with Gasteiger partial charge in [-0.2, -0.15) is 4.98 Å². The Morgan fingerprint density at radius 1 is 1.15 bits per heavy atom. The molecule has 1 aliphatic rings. The molecule has 1 aliphatic carbocycles. The van der Waals surface area contributed by atoms with Crippen LogP contribution >= 0.6 is 0 Å². The van der Waals surface area contributed by atoms with E-state index in [-0.39, 0.29) is 0 Å². The van der Waals surface area contributed by atoms with E-state index < -0.39 is 5.60 Å². The average Bonchev–Trinajstić information content (AvgIpc) is 3.07. The lowest BCUT2D eigenvalue weighted by atomic mass is 10.0. The second-order valence-electron chi connectivity index (χ2n) is 5.22. The number of benzene rings is 1. The summed E-state index contributed by atoms with van der Waals surface area (Å²) in [6, 6.07) is 5.22. The quantitative estimate of drug-likeness (QED) is 0.833. The molecule has 6 heteroatoms. The Hall–Kier alpha value is -2.08. The normalized spacial score (nSPS) is 17.4. The van der Waals surface area contributed by atoms with E-state index in [4.69, 9.17) is 20.7 Å². The van der Waals surface area contributed by atoms with E-state index in [2.05, 4.69) is 10.1 Å². The molecule has 0 saturated heterocycles. The Kier molecular flexibility index (Phi) is 3.10. The van der Waals surface area contributed by atoms with Gasteiger partial charge in [-0.25, -0.2) is 0 Å². The van der Waals surface area contributed by atoms with E-state index in [0.717, 1.165) is 31.2 Å². The minimum Gasteiger partial charge on any atom is -0.399 e. The van der Waals surface area contributed by atoms with Crippen molar-refractivity contribution in [3.63, 3.8) is 0 Å². The van der Waals surface area contributed by atoms with Gasteiger partial charge in [0.15, 0.2) is 0 Å². The Morgan fingerprint density at radius 2 is 1.80 bits per heavy atom. The van der Waals surface area contributed by atoms with Crippen LogP contribution in [0.25, 0.3) is 11.5 Å². The first kappa shape index (κ1) is 12.9. The number of nitrogen functional groups attached to an aromatic ring is 2. The van der Waals surface area contributed by atoms with Crippen molar-refractivity contribution in [1.82, 2.24) is 10.1 Å². The van der Waals surface area contributed by atoms with Crippen molar-refractivity contribution in [2.45, 2.75) is 31.3 Å². The van der Waals surface area contributed by atoms with Crippen LogP contribution in [0.3, 0.4) is 0 Å². The standard InChI is InChI=1S/C14H18N4O2/c1-19-14(4-2-3-5-14)13-17-12(20-18-13)9-6-10(15)8-11(16)7-9/h6-8H,2-5,15-16H2,1H3. The molecule has 6 nitrogen and oxygen atoms in total. The van der Waals surface area contributed by atoms with Crippen molar-refractivity contribution in [3.05, 3.63) is 24.0 Å². The number of hydrogen-bond donors (Lipinski definition) is 2. The summed E-state index contributed by atoms with van der Waals surface area (Å²) in [6.45, 7) is 0. The molecule has 3 rings (SSSR count). The van der Waals surface area contributed by atoms with Crippen LogP contribution < -0.4 is 11.5 Å². The molecule has 0 amide bonds. The first-order valence-electron chi connectivity index (χ1n) is 6.69. The molecule has 20 heavy (non-hydrogen) atoms. The van der Waals surface area contributed by atoms with Gasteiger partial charge in [-0.05, 0) is 43.9 Å². The fraction of sp³-hybridized carbons (Fsp3) is 0.429. The van der Waals surface area contributed by atoms with E-state index in [1.165, 1.54) is 0 Å². The minimum absolute atomic E-state index is 0.409. The molecule has 1 heterocycles. The number of nitrogens with zero attached hydrogens (tertiary/aromatic N) is 2. The predicted molar refractivity (Wildman–Crippen MR) is 75.7 cm³/mol. The van der Waals surface area contributed by atoms with Crippen molar-refractivity contribution < 1.29 is 9.26 Å². The molecule has 1 aromatic heterocycles. The summed E-state index contributed by atoms with van der Waals surface area (Å²) in [5.74, 6) is 1.02. The topological polar surface area (TPSA) is 100 Å². The van der Waals surface area contributed by atoms with Gasteiger partial charge in [0.2, 0.25) is 5.82 Å². The zero-order valence-corrected chi connectivity index (χ0v) is 11.4. The molecule has 0 aliphatic heterocycles. The summed E-state index contributed by atoms with van der Waals surface area (Å²) >= 11 is 0. The molecule has 2 aromatic rings. The second kappa shape index (κ2) is 4.79. The summed E-state index contributed by atoms with van der Waals surface area (Å²) in [7, 11) is 1.69. The third-order valence-corrected chi connectivity index (χ3v) is 3.86. The van der Waals surface area contributed by atoms with E-state index in [9.17, 15) is 0 Å². The maximum Gasteiger partial charge on any atom is 0.258 e. The van der Waals surface area contributed by atoms with Crippen LogP contribution in [0, 0.1) is 0 Å². The molecule has 4 N–H and O–H groups in total. The van der Waals surface area contributed by atoms with Crippen LogP contribution in [0.1, 0.15) is 31.5 Å². The first-order chi connectivity index (χ1) is 9.63. The van der Waals surface area contributed by atoms with Gasteiger partial charge in [0.25, 0.3) is 5.89 Å². The average molecular weight is 274 g/mol. The van der Waals surface area contributed by atoms with Gasteiger partial charge in [0.1, 0.15) is 5.60 Å². The van der Waals surface area contributed by atoms with Crippen molar-refractivity contribution in [2.24, 2.45) is 0 Å². The van der Waals surface area contributed by atoms with Crippen LogP contribution in [-0.2, 0) is 10.3 Å². The third kappa shape index (κ3) is 2.12. The van der Waals surface area contributed by atoms with Crippen LogP contribution in [0.2, 0.25) is 0 Å². The molecule has 1 fully saturated rings. The molecule has 1 aromatic carbocycles. The highest BCUT2D eigenvalue weighted by Crippen LogP contribution is 2.40. The monoisotopic (exact) mass is 274 g/mol. The molecule has 0 radical (unpaired) electrons. The molecule has 0 unspecified atom stereocenters. The Morgan fingerprint density at radius 3 is 2.40 bits per heavy atom. The van der Waals surface area contributed by atoms with Crippen molar-refractivity contribution >= 4 is 11.4 Å². The molecule has 0 spiro atoms. The highest BCUT2D eigenvalue weighted by atomic mass is 16.5. The largest absolute Gasteiger partial charge is 0.399 e. The minimum atomic E-state index is -0.409. The molecular formula is C14H18N4O2. The van der Waals surface area contributed by atoms with E-state index >= 15 is 0 Å². The lowest BCUT2D eigenvalue weighted by Crippen LogP contribution is -2.25. The fourth-order valence-electron chi connectivity index (χ4n) is 2.79. The Bertz CT molecular complexity index is 597. The summed E-state index contributed by atoms with van der Waals surface area (Å²) < 4.78 is 11.0. The van der Waals surface area contributed by atoms with E-state index in [0.29, 0.717) is 23.1 Å². The molecule has 106 valence electrons. The van der Waals surface area contributed by atoms with Gasteiger partial charge in [-0.15, -0.1) is 0 Å². The lowest BCUT2D eigenvalue weighted by molar-refractivity contribution is -0.0178. The predicted octanol–water partition coefficient (Wildman–Crippen LogP) is 2.32. The number of aromatic nitrogens is 2. The van der Waals surface area contributed by atoms with E-state index in [1.807, 2.05) is 0 Å². The summed E-state index contributed by atoms with van der Waals surface area (Å²) in [4.78, 5) is 4.47. The van der Waals surface area contributed by atoms with Gasteiger partial charge in [0.05, 0.1) is 0 Å². The summed E-state index contributed by atoms with van der Waals surface area (Å²) in [5, 5.41) is 4.08. The van der Waals surface area contributed by atoms with Crippen LogP contribution in [0.5, 0.6) is 0 Å². The van der Waals surface area contributed by atoms with Gasteiger partial charge < -0.3 is 20.7 Å². The number of rotatable bonds is 3. The van der Waals surface area contributed by atoms with Crippen molar-refractivity contribution in [3.8, 4) is 11.5 Å². The maximum absolute atomic E-state index is 5.78. The third-order valence-electron chi connectivity index (χ3n) is 3.86. The number of nitrogens with two attached hydrogens (primary N) is 2. The van der Waals surface area contributed by atoms with Crippen LogP contribution in [0.4, 0.5) is 11.4 Å². The Labute approximate surface area is 117 Å². The molecular weight excluding hydrogens is 256 g/mol. The molecule has 0 bridgehead atoms. The number of methoxy groups -OCH3 is 1. The van der Waals surface area contributed by atoms with Gasteiger partial charge in [-0.3, -0.25) is 0 Å². The Balaban J connectivity index is 1.97. The number of anilines is 2. The van der Waals surface area contributed by atoms with E-state index in [1.54, 1.807) is 25.3 Å². The molecule has 1 saturated carbocycles. The summed E-state index contributed by atoms with van der Waals surface area (Å²) in [5.41, 5.74) is 13.0. The number of hydrogen-bond acceptors (Lipinski definition) is 6. The van der Waals surface area contributed by atoms with Gasteiger partial charge in [0, 0.05) is 24.0 Å². The first-order valence-corrected chi connectivity index (χ1v) is 6.69.